The molecule has 2 aromatic carbocycles. The second-order valence-corrected chi connectivity index (χ2v) is 5.43. The van der Waals surface area contributed by atoms with Crippen molar-refractivity contribution >= 4 is 15.9 Å². The summed E-state index contributed by atoms with van der Waals surface area (Å²) in [6.07, 6.45) is 0. The number of rotatable bonds is 5. The SMILES string of the molecule is COc1cc(C)ccc1OCc1ccc(CN)cc1Br. The zero-order chi connectivity index (χ0) is 14.5. The fraction of sp³-hybridized carbons (Fsp3) is 0.250. The predicted molar refractivity (Wildman–Crippen MR) is 84.1 cm³/mol. The maximum absolute atomic E-state index is 5.84. The first-order chi connectivity index (χ1) is 9.63. The van der Waals surface area contributed by atoms with Crippen LogP contribution in [-0.4, -0.2) is 7.11 Å². The summed E-state index contributed by atoms with van der Waals surface area (Å²) >= 11 is 3.54. The van der Waals surface area contributed by atoms with Crippen LogP contribution in [0.3, 0.4) is 0 Å². The highest BCUT2D eigenvalue weighted by molar-refractivity contribution is 9.10. The molecule has 4 heteroatoms. The average Bonchev–Trinajstić information content (AvgIpc) is 2.46. The van der Waals surface area contributed by atoms with E-state index in [1.165, 1.54) is 0 Å². The molecule has 20 heavy (non-hydrogen) atoms. The van der Waals surface area contributed by atoms with Crippen molar-refractivity contribution in [3.63, 3.8) is 0 Å². The standard InChI is InChI=1S/C16H18BrNO2/c1-11-3-6-15(16(7-11)19-2)20-10-13-5-4-12(9-18)8-14(13)17/h3-8H,9-10,18H2,1-2H3. The van der Waals surface area contributed by atoms with Crippen molar-refractivity contribution in [1.29, 1.82) is 0 Å². The summed E-state index contributed by atoms with van der Waals surface area (Å²) in [5, 5.41) is 0. The Hall–Kier alpha value is -1.52. The van der Waals surface area contributed by atoms with Gasteiger partial charge in [0.1, 0.15) is 6.61 Å². The first-order valence-electron chi connectivity index (χ1n) is 6.39. The minimum absolute atomic E-state index is 0.477. The highest BCUT2D eigenvalue weighted by Gasteiger charge is 2.07. The summed E-state index contributed by atoms with van der Waals surface area (Å²) in [4.78, 5) is 0. The molecular weight excluding hydrogens is 318 g/mol. The van der Waals surface area contributed by atoms with Crippen LogP contribution in [0.1, 0.15) is 16.7 Å². The molecule has 0 heterocycles. The van der Waals surface area contributed by atoms with Crippen molar-refractivity contribution in [2.45, 2.75) is 20.1 Å². The number of hydrogen-bond acceptors (Lipinski definition) is 3. The van der Waals surface area contributed by atoms with Crippen LogP contribution < -0.4 is 15.2 Å². The predicted octanol–water partition coefficient (Wildman–Crippen LogP) is 3.80. The lowest BCUT2D eigenvalue weighted by Gasteiger charge is -2.12. The van der Waals surface area contributed by atoms with Crippen molar-refractivity contribution < 1.29 is 9.47 Å². The van der Waals surface area contributed by atoms with E-state index in [9.17, 15) is 0 Å². The van der Waals surface area contributed by atoms with E-state index in [1.54, 1.807) is 7.11 Å². The lowest BCUT2D eigenvalue weighted by Crippen LogP contribution is -2.01. The Kier molecular flexibility index (Phi) is 5.04. The van der Waals surface area contributed by atoms with Crippen LogP contribution in [0.4, 0.5) is 0 Å². The van der Waals surface area contributed by atoms with E-state index in [1.807, 2.05) is 43.3 Å². The van der Waals surface area contributed by atoms with Crippen molar-refractivity contribution in [3.8, 4) is 11.5 Å². The lowest BCUT2D eigenvalue weighted by atomic mass is 10.1. The molecule has 0 saturated heterocycles. The largest absolute Gasteiger partial charge is 0.493 e. The maximum atomic E-state index is 5.84. The Balaban J connectivity index is 2.12. The molecule has 0 bridgehead atoms. The van der Waals surface area contributed by atoms with E-state index < -0.39 is 0 Å². The summed E-state index contributed by atoms with van der Waals surface area (Å²) in [6.45, 7) is 3.03. The monoisotopic (exact) mass is 335 g/mol. The summed E-state index contributed by atoms with van der Waals surface area (Å²) in [5.41, 5.74) is 8.92. The molecule has 0 aliphatic rings. The number of aryl methyl sites for hydroxylation is 1. The van der Waals surface area contributed by atoms with Crippen LogP contribution in [-0.2, 0) is 13.2 Å². The minimum atomic E-state index is 0.477. The first-order valence-corrected chi connectivity index (χ1v) is 7.18. The van der Waals surface area contributed by atoms with E-state index in [0.717, 1.165) is 32.7 Å². The van der Waals surface area contributed by atoms with Crippen LogP contribution >= 0.6 is 15.9 Å². The topological polar surface area (TPSA) is 44.5 Å². The molecule has 0 aliphatic heterocycles. The smallest absolute Gasteiger partial charge is 0.161 e. The third-order valence-electron chi connectivity index (χ3n) is 3.06. The van der Waals surface area contributed by atoms with Gasteiger partial charge in [0.15, 0.2) is 11.5 Å². The summed E-state index contributed by atoms with van der Waals surface area (Å²) in [5.74, 6) is 1.49. The van der Waals surface area contributed by atoms with Gasteiger partial charge in [-0.1, -0.05) is 34.1 Å². The van der Waals surface area contributed by atoms with Gasteiger partial charge >= 0.3 is 0 Å². The van der Waals surface area contributed by atoms with Gasteiger partial charge in [-0.15, -0.1) is 0 Å². The fourth-order valence-electron chi connectivity index (χ4n) is 1.88. The van der Waals surface area contributed by atoms with Crippen LogP contribution in [0.15, 0.2) is 40.9 Å². The van der Waals surface area contributed by atoms with Gasteiger partial charge in [0.2, 0.25) is 0 Å². The van der Waals surface area contributed by atoms with Gasteiger partial charge in [0.05, 0.1) is 7.11 Å². The molecule has 0 aromatic heterocycles. The molecule has 0 radical (unpaired) electrons. The second kappa shape index (κ2) is 6.77. The number of hydrogen-bond donors (Lipinski definition) is 1. The average molecular weight is 336 g/mol. The van der Waals surface area contributed by atoms with E-state index in [0.29, 0.717) is 13.2 Å². The third kappa shape index (κ3) is 3.52. The number of halogens is 1. The molecule has 0 spiro atoms. The maximum Gasteiger partial charge on any atom is 0.161 e. The summed E-state index contributed by atoms with van der Waals surface area (Å²) < 4.78 is 12.2. The van der Waals surface area contributed by atoms with Crippen molar-refractivity contribution in [1.82, 2.24) is 0 Å². The molecule has 0 atom stereocenters. The number of nitrogens with two attached hydrogens (primary N) is 1. The Morgan fingerprint density at radius 1 is 1.10 bits per heavy atom. The van der Waals surface area contributed by atoms with Gasteiger partial charge in [-0.3, -0.25) is 0 Å². The van der Waals surface area contributed by atoms with Gasteiger partial charge in [-0.2, -0.15) is 0 Å². The van der Waals surface area contributed by atoms with Crippen molar-refractivity contribution in [2.75, 3.05) is 7.11 Å². The number of benzene rings is 2. The molecule has 0 saturated carbocycles. The van der Waals surface area contributed by atoms with Gasteiger partial charge in [-0.25, -0.2) is 0 Å². The van der Waals surface area contributed by atoms with Crippen LogP contribution in [0.2, 0.25) is 0 Å². The van der Waals surface area contributed by atoms with E-state index in [-0.39, 0.29) is 0 Å². The first kappa shape index (κ1) is 14.9. The molecule has 0 aliphatic carbocycles. The van der Waals surface area contributed by atoms with Crippen LogP contribution in [0.25, 0.3) is 0 Å². The Morgan fingerprint density at radius 2 is 1.90 bits per heavy atom. The van der Waals surface area contributed by atoms with Gasteiger partial charge in [0.25, 0.3) is 0 Å². The molecule has 2 N–H and O–H groups in total. The van der Waals surface area contributed by atoms with E-state index >= 15 is 0 Å². The number of methoxy groups -OCH3 is 1. The molecule has 0 unspecified atom stereocenters. The summed E-state index contributed by atoms with van der Waals surface area (Å²) in [6, 6.07) is 11.9. The fourth-order valence-corrected chi connectivity index (χ4v) is 2.43. The van der Waals surface area contributed by atoms with Crippen LogP contribution in [0.5, 0.6) is 11.5 Å². The molecule has 106 valence electrons. The molecule has 0 fully saturated rings. The van der Waals surface area contributed by atoms with E-state index in [2.05, 4.69) is 15.9 Å². The van der Waals surface area contributed by atoms with Crippen molar-refractivity contribution in [3.05, 3.63) is 57.6 Å². The highest BCUT2D eigenvalue weighted by Crippen LogP contribution is 2.29. The molecule has 0 amide bonds. The molecular formula is C16H18BrNO2. The van der Waals surface area contributed by atoms with Crippen molar-refractivity contribution in [2.24, 2.45) is 5.73 Å². The van der Waals surface area contributed by atoms with Gasteiger partial charge in [0, 0.05) is 16.6 Å². The molecule has 3 nitrogen and oxygen atoms in total. The zero-order valence-electron chi connectivity index (χ0n) is 11.7. The number of ether oxygens (including phenoxy) is 2. The Labute approximate surface area is 127 Å². The minimum Gasteiger partial charge on any atom is -0.493 e. The van der Waals surface area contributed by atoms with E-state index in [4.69, 9.17) is 15.2 Å². The molecule has 2 aromatic rings. The second-order valence-electron chi connectivity index (χ2n) is 4.57. The highest BCUT2D eigenvalue weighted by atomic mass is 79.9. The molecule has 2 rings (SSSR count). The quantitative estimate of drug-likeness (QED) is 0.903. The third-order valence-corrected chi connectivity index (χ3v) is 3.79. The van der Waals surface area contributed by atoms with Crippen LogP contribution in [0, 0.1) is 6.92 Å². The Bertz CT molecular complexity index is 599. The van der Waals surface area contributed by atoms with Gasteiger partial charge in [-0.05, 0) is 36.2 Å². The Morgan fingerprint density at radius 3 is 2.55 bits per heavy atom. The lowest BCUT2D eigenvalue weighted by molar-refractivity contribution is 0.284. The summed E-state index contributed by atoms with van der Waals surface area (Å²) in [7, 11) is 1.65. The normalized spacial score (nSPS) is 10.4. The van der Waals surface area contributed by atoms with Gasteiger partial charge < -0.3 is 15.2 Å². The zero-order valence-corrected chi connectivity index (χ0v) is 13.2.